The van der Waals surface area contributed by atoms with Gasteiger partial charge in [-0.15, -0.1) is 0 Å². The van der Waals surface area contributed by atoms with E-state index in [0.717, 1.165) is 30.2 Å². The van der Waals surface area contributed by atoms with Gasteiger partial charge in [-0.05, 0) is 24.1 Å². The van der Waals surface area contributed by atoms with Gasteiger partial charge in [-0.2, -0.15) is 0 Å². The van der Waals surface area contributed by atoms with Crippen LogP contribution in [0.25, 0.3) is 0 Å². The number of ether oxygens (including phenoxy) is 2. The van der Waals surface area contributed by atoms with Crippen LogP contribution in [0, 0.1) is 0 Å². The van der Waals surface area contributed by atoms with Crippen LogP contribution in [0.1, 0.15) is 24.5 Å². The molecule has 0 aliphatic carbocycles. The van der Waals surface area contributed by atoms with Crippen molar-refractivity contribution >= 4 is 0 Å². The standard InChI is InChI=1S/C18H23NO2/c1-3-12-19-13-16-10-7-11-17(20-2)18(16)21-14-15-8-5-4-6-9-15/h4-11,19H,3,12-14H2,1-2H3/p+1. The van der Waals surface area contributed by atoms with E-state index in [-0.39, 0.29) is 0 Å². The molecule has 3 heteroatoms. The lowest BCUT2D eigenvalue weighted by Gasteiger charge is -2.14. The highest BCUT2D eigenvalue weighted by Crippen LogP contribution is 2.31. The summed E-state index contributed by atoms with van der Waals surface area (Å²) in [6, 6.07) is 16.3. The van der Waals surface area contributed by atoms with E-state index in [2.05, 4.69) is 30.4 Å². The molecule has 0 amide bonds. The first-order chi connectivity index (χ1) is 10.3. The molecule has 2 aromatic carbocycles. The minimum atomic E-state index is 0.558. The highest BCUT2D eigenvalue weighted by Gasteiger charge is 2.12. The quantitative estimate of drug-likeness (QED) is 0.757. The molecule has 0 radical (unpaired) electrons. The number of hydrogen-bond donors (Lipinski definition) is 1. The summed E-state index contributed by atoms with van der Waals surface area (Å²) in [5.41, 5.74) is 2.34. The monoisotopic (exact) mass is 286 g/mol. The first-order valence-corrected chi connectivity index (χ1v) is 7.49. The van der Waals surface area contributed by atoms with Gasteiger partial charge in [-0.25, -0.2) is 0 Å². The molecule has 0 aliphatic rings. The Morgan fingerprint density at radius 3 is 2.52 bits per heavy atom. The van der Waals surface area contributed by atoms with Gasteiger partial charge in [-0.1, -0.05) is 43.3 Å². The van der Waals surface area contributed by atoms with Gasteiger partial charge < -0.3 is 14.8 Å². The first-order valence-electron chi connectivity index (χ1n) is 7.49. The third-order valence-electron chi connectivity index (χ3n) is 3.36. The predicted octanol–water partition coefficient (Wildman–Crippen LogP) is 2.75. The number of methoxy groups -OCH3 is 1. The van der Waals surface area contributed by atoms with Gasteiger partial charge in [-0.3, -0.25) is 0 Å². The van der Waals surface area contributed by atoms with Crippen LogP contribution >= 0.6 is 0 Å². The van der Waals surface area contributed by atoms with E-state index in [4.69, 9.17) is 9.47 Å². The lowest BCUT2D eigenvalue weighted by molar-refractivity contribution is -0.670. The summed E-state index contributed by atoms with van der Waals surface area (Å²) in [5, 5.41) is 2.30. The Morgan fingerprint density at radius 1 is 1.00 bits per heavy atom. The van der Waals surface area contributed by atoms with Gasteiger partial charge in [0.15, 0.2) is 11.5 Å². The maximum Gasteiger partial charge on any atom is 0.170 e. The van der Waals surface area contributed by atoms with Crippen LogP contribution in [0.2, 0.25) is 0 Å². The van der Waals surface area contributed by atoms with E-state index in [0.29, 0.717) is 6.61 Å². The van der Waals surface area contributed by atoms with E-state index < -0.39 is 0 Å². The Labute approximate surface area is 126 Å². The van der Waals surface area contributed by atoms with Gasteiger partial charge in [0, 0.05) is 0 Å². The van der Waals surface area contributed by atoms with Crippen molar-refractivity contribution in [3.8, 4) is 11.5 Å². The smallest absolute Gasteiger partial charge is 0.170 e. The SMILES string of the molecule is CCC[NH2+]Cc1cccc(OC)c1OCc1ccccc1. The van der Waals surface area contributed by atoms with Crippen molar-refractivity contribution in [1.29, 1.82) is 0 Å². The molecule has 0 bridgehead atoms. The molecule has 112 valence electrons. The lowest BCUT2D eigenvalue weighted by Crippen LogP contribution is -2.82. The van der Waals surface area contributed by atoms with Crippen LogP contribution in [0.5, 0.6) is 11.5 Å². The molecular weight excluding hydrogens is 262 g/mol. The summed E-state index contributed by atoms with van der Waals surface area (Å²) in [4.78, 5) is 0. The summed E-state index contributed by atoms with van der Waals surface area (Å²) in [6.45, 7) is 4.78. The van der Waals surface area contributed by atoms with Gasteiger partial charge in [0.2, 0.25) is 0 Å². The normalized spacial score (nSPS) is 10.4. The molecule has 21 heavy (non-hydrogen) atoms. The summed E-state index contributed by atoms with van der Waals surface area (Å²) < 4.78 is 11.5. The van der Waals surface area contributed by atoms with Crippen LogP contribution in [0.3, 0.4) is 0 Å². The van der Waals surface area contributed by atoms with Crippen molar-refractivity contribution in [2.75, 3.05) is 13.7 Å². The van der Waals surface area contributed by atoms with Crippen molar-refractivity contribution in [3.05, 3.63) is 59.7 Å². The third-order valence-corrected chi connectivity index (χ3v) is 3.36. The van der Waals surface area contributed by atoms with Crippen LogP contribution < -0.4 is 14.8 Å². The predicted molar refractivity (Wildman–Crippen MR) is 84.6 cm³/mol. The van der Waals surface area contributed by atoms with Gasteiger partial charge in [0.05, 0.1) is 19.2 Å². The Balaban J connectivity index is 2.11. The minimum Gasteiger partial charge on any atom is -0.493 e. The topological polar surface area (TPSA) is 35.1 Å². The number of para-hydroxylation sites is 1. The fourth-order valence-corrected chi connectivity index (χ4v) is 2.24. The Morgan fingerprint density at radius 2 is 1.81 bits per heavy atom. The highest BCUT2D eigenvalue weighted by atomic mass is 16.5. The van der Waals surface area contributed by atoms with Crippen LogP contribution in [-0.4, -0.2) is 13.7 Å². The second-order valence-corrected chi connectivity index (χ2v) is 5.00. The number of nitrogens with two attached hydrogens (primary N) is 1. The van der Waals surface area contributed by atoms with Crippen molar-refractivity contribution in [3.63, 3.8) is 0 Å². The van der Waals surface area contributed by atoms with E-state index in [1.54, 1.807) is 7.11 Å². The summed E-state index contributed by atoms with van der Waals surface area (Å²) in [6.07, 6.45) is 1.17. The van der Waals surface area contributed by atoms with Crippen LogP contribution in [0.4, 0.5) is 0 Å². The molecule has 0 spiro atoms. The average Bonchev–Trinajstić information content (AvgIpc) is 2.54. The average molecular weight is 286 g/mol. The van der Waals surface area contributed by atoms with E-state index in [9.17, 15) is 0 Å². The van der Waals surface area contributed by atoms with Crippen molar-refractivity contribution in [2.24, 2.45) is 0 Å². The van der Waals surface area contributed by atoms with E-state index in [1.165, 1.54) is 12.0 Å². The van der Waals surface area contributed by atoms with Crippen molar-refractivity contribution in [2.45, 2.75) is 26.5 Å². The van der Waals surface area contributed by atoms with E-state index in [1.807, 2.05) is 30.3 Å². The number of quaternary nitrogens is 1. The Bertz CT molecular complexity index is 540. The number of hydrogen-bond acceptors (Lipinski definition) is 2. The largest absolute Gasteiger partial charge is 0.493 e. The van der Waals surface area contributed by atoms with Crippen molar-refractivity contribution in [1.82, 2.24) is 0 Å². The second-order valence-electron chi connectivity index (χ2n) is 5.00. The number of benzene rings is 2. The zero-order valence-corrected chi connectivity index (χ0v) is 12.8. The van der Waals surface area contributed by atoms with Gasteiger partial charge in [0.1, 0.15) is 13.2 Å². The maximum absolute atomic E-state index is 6.03. The second kappa shape index (κ2) is 8.32. The molecule has 3 nitrogen and oxygen atoms in total. The maximum atomic E-state index is 6.03. The molecule has 0 unspecified atom stereocenters. The van der Waals surface area contributed by atoms with E-state index >= 15 is 0 Å². The van der Waals surface area contributed by atoms with Crippen LogP contribution in [0.15, 0.2) is 48.5 Å². The van der Waals surface area contributed by atoms with Crippen LogP contribution in [-0.2, 0) is 13.2 Å². The molecule has 0 aromatic heterocycles. The Kier molecular flexibility index (Phi) is 6.10. The summed E-state index contributed by atoms with van der Waals surface area (Å²) in [5.74, 6) is 1.66. The molecule has 2 rings (SSSR count). The van der Waals surface area contributed by atoms with Gasteiger partial charge in [0.25, 0.3) is 0 Å². The molecule has 0 fully saturated rings. The molecule has 2 N–H and O–H groups in total. The minimum absolute atomic E-state index is 0.558. The highest BCUT2D eigenvalue weighted by molar-refractivity contribution is 5.46. The molecule has 0 atom stereocenters. The molecule has 0 aliphatic heterocycles. The van der Waals surface area contributed by atoms with Gasteiger partial charge >= 0.3 is 0 Å². The fourth-order valence-electron chi connectivity index (χ4n) is 2.24. The zero-order chi connectivity index (χ0) is 14.9. The number of rotatable bonds is 8. The molecule has 0 saturated carbocycles. The molecule has 0 heterocycles. The Hall–Kier alpha value is -2.00. The zero-order valence-electron chi connectivity index (χ0n) is 12.8. The summed E-state index contributed by atoms with van der Waals surface area (Å²) in [7, 11) is 1.68. The molecule has 0 saturated heterocycles. The first kappa shape index (κ1) is 15.4. The van der Waals surface area contributed by atoms with Crippen molar-refractivity contribution < 1.29 is 14.8 Å². The lowest BCUT2D eigenvalue weighted by atomic mass is 10.1. The fraction of sp³-hybridized carbons (Fsp3) is 0.333. The summed E-state index contributed by atoms with van der Waals surface area (Å²) >= 11 is 0. The third kappa shape index (κ3) is 4.50. The molecule has 2 aromatic rings. The molecular formula is C18H24NO2+.